The lowest BCUT2D eigenvalue weighted by Gasteiger charge is -2.15. The summed E-state index contributed by atoms with van der Waals surface area (Å²) < 4.78 is 0. The fraction of sp³-hybridized carbons (Fsp3) is 0.214. The minimum atomic E-state index is 0.131. The highest BCUT2D eigenvalue weighted by atomic mass is 32.1. The molecule has 3 aromatic heterocycles. The van der Waals surface area contributed by atoms with E-state index in [9.17, 15) is 0 Å². The van der Waals surface area contributed by atoms with Crippen LogP contribution < -0.4 is 10.6 Å². The molecule has 6 heteroatoms. The van der Waals surface area contributed by atoms with E-state index in [4.69, 9.17) is 0 Å². The molecule has 0 amide bonds. The lowest BCUT2D eigenvalue weighted by atomic mass is 10.1. The Labute approximate surface area is 121 Å². The van der Waals surface area contributed by atoms with Gasteiger partial charge in [-0.2, -0.15) is 4.98 Å². The summed E-state index contributed by atoms with van der Waals surface area (Å²) in [6.45, 7) is 2.09. The van der Waals surface area contributed by atoms with Gasteiger partial charge in [0.05, 0.1) is 11.4 Å². The number of nitrogens with zero attached hydrogens (tertiary/aromatic N) is 3. The Kier molecular flexibility index (Phi) is 3.47. The van der Waals surface area contributed by atoms with Crippen molar-refractivity contribution in [2.75, 3.05) is 17.7 Å². The van der Waals surface area contributed by atoms with E-state index in [1.54, 1.807) is 17.5 Å². The van der Waals surface area contributed by atoms with Crippen LogP contribution in [0.25, 0.3) is 10.2 Å². The molecular formula is C14H15N5S. The summed E-state index contributed by atoms with van der Waals surface area (Å²) in [7, 11) is 1.82. The van der Waals surface area contributed by atoms with E-state index in [2.05, 4.69) is 38.6 Å². The van der Waals surface area contributed by atoms with Gasteiger partial charge in [0.25, 0.3) is 0 Å². The minimum Gasteiger partial charge on any atom is -0.363 e. The lowest BCUT2D eigenvalue weighted by Crippen LogP contribution is -2.09. The normalized spacial score (nSPS) is 12.3. The molecule has 1 unspecified atom stereocenters. The number of pyridine rings is 1. The van der Waals surface area contributed by atoms with Crippen molar-refractivity contribution in [3.05, 3.63) is 41.5 Å². The minimum absolute atomic E-state index is 0.131. The van der Waals surface area contributed by atoms with Crippen molar-refractivity contribution in [2.45, 2.75) is 13.0 Å². The first-order chi connectivity index (χ1) is 9.78. The monoisotopic (exact) mass is 285 g/mol. The molecule has 1 atom stereocenters. The predicted octanol–water partition coefficient (Wildman–Crippen LogP) is 3.30. The molecule has 0 fully saturated rings. The third kappa shape index (κ3) is 2.42. The van der Waals surface area contributed by atoms with Crippen molar-refractivity contribution in [1.29, 1.82) is 0 Å². The van der Waals surface area contributed by atoms with Crippen LogP contribution in [0.1, 0.15) is 18.5 Å². The van der Waals surface area contributed by atoms with E-state index >= 15 is 0 Å². The first-order valence-electron chi connectivity index (χ1n) is 6.37. The van der Waals surface area contributed by atoms with E-state index < -0.39 is 0 Å². The summed E-state index contributed by atoms with van der Waals surface area (Å²) in [5.41, 5.74) is 1.13. The van der Waals surface area contributed by atoms with Crippen molar-refractivity contribution < 1.29 is 0 Å². The Hall–Kier alpha value is -2.21. The first kappa shape index (κ1) is 12.8. The summed E-state index contributed by atoms with van der Waals surface area (Å²) >= 11 is 1.61. The second kappa shape index (κ2) is 5.42. The Morgan fingerprint density at radius 1 is 1.25 bits per heavy atom. The van der Waals surface area contributed by atoms with Gasteiger partial charge in [0.15, 0.2) is 0 Å². The van der Waals surface area contributed by atoms with E-state index in [1.165, 1.54) is 0 Å². The van der Waals surface area contributed by atoms with Crippen LogP contribution in [0.3, 0.4) is 0 Å². The molecule has 0 spiro atoms. The molecule has 3 aromatic rings. The second-order valence-electron chi connectivity index (χ2n) is 4.44. The molecular weight excluding hydrogens is 270 g/mol. The van der Waals surface area contributed by atoms with Crippen LogP contribution in [0.5, 0.6) is 0 Å². The molecule has 102 valence electrons. The van der Waals surface area contributed by atoms with Gasteiger partial charge in [0.2, 0.25) is 5.95 Å². The Bertz CT molecular complexity index is 710. The fourth-order valence-corrected chi connectivity index (χ4v) is 2.76. The average Bonchev–Trinajstić information content (AvgIpc) is 2.96. The highest BCUT2D eigenvalue weighted by Crippen LogP contribution is 2.28. The van der Waals surface area contributed by atoms with Crippen molar-refractivity contribution in [3.63, 3.8) is 0 Å². The zero-order valence-electron chi connectivity index (χ0n) is 11.3. The SMILES string of the molecule is CNc1nc(NC(C)c2cccnc2)c2ccsc2n1. The van der Waals surface area contributed by atoms with Crippen molar-refractivity contribution in [2.24, 2.45) is 0 Å². The van der Waals surface area contributed by atoms with Gasteiger partial charge in [-0.1, -0.05) is 6.07 Å². The second-order valence-corrected chi connectivity index (χ2v) is 5.33. The number of anilines is 2. The van der Waals surface area contributed by atoms with Gasteiger partial charge in [0.1, 0.15) is 10.6 Å². The van der Waals surface area contributed by atoms with Gasteiger partial charge in [-0.15, -0.1) is 11.3 Å². The predicted molar refractivity (Wildman–Crippen MR) is 83.2 cm³/mol. The number of thiophene rings is 1. The highest BCUT2D eigenvalue weighted by molar-refractivity contribution is 7.16. The maximum absolute atomic E-state index is 4.51. The van der Waals surface area contributed by atoms with Gasteiger partial charge in [-0.3, -0.25) is 4.98 Å². The molecule has 0 aliphatic rings. The summed E-state index contributed by atoms with van der Waals surface area (Å²) in [4.78, 5) is 14.1. The van der Waals surface area contributed by atoms with Gasteiger partial charge >= 0.3 is 0 Å². The number of rotatable bonds is 4. The summed E-state index contributed by atoms with van der Waals surface area (Å²) in [6.07, 6.45) is 3.64. The molecule has 3 heterocycles. The van der Waals surface area contributed by atoms with Crippen LogP contribution in [0.15, 0.2) is 36.0 Å². The highest BCUT2D eigenvalue weighted by Gasteiger charge is 2.12. The van der Waals surface area contributed by atoms with E-state index in [0.29, 0.717) is 5.95 Å². The van der Waals surface area contributed by atoms with Crippen LogP contribution in [-0.2, 0) is 0 Å². The van der Waals surface area contributed by atoms with Gasteiger partial charge in [0, 0.05) is 19.4 Å². The van der Waals surface area contributed by atoms with Crippen molar-refractivity contribution in [3.8, 4) is 0 Å². The molecule has 20 heavy (non-hydrogen) atoms. The summed E-state index contributed by atoms with van der Waals surface area (Å²) in [5.74, 6) is 1.47. The molecule has 5 nitrogen and oxygen atoms in total. The Morgan fingerprint density at radius 2 is 2.15 bits per heavy atom. The topological polar surface area (TPSA) is 62.7 Å². The molecule has 0 saturated carbocycles. The fourth-order valence-electron chi connectivity index (χ4n) is 2.00. The number of nitrogens with one attached hydrogen (secondary N) is 2. The van der Waals surface area contributed by atoms with Crippen LogP contribution in [0.2, 0.25) is 0 Å². The molecule has 0 aliphatic carbocycles. The van der Waals surface area contributed by atoms with Crippen LogP contribution in [0.4, 0.5) is 11.8 Å². The standard InChI is InChI=1S/C14H15N5S/c1-9(10-4-3-6-16-8-10)17-12-11-5-7-20-13(11)19-14(15-2)18-12/h3-9H,1-2H3,(H2,15,17,18,19). The van der Waals surface area contributed by atoms with Crippen LogP contribution in [0, 0.1) is 0 Å². The molecule has 0 saturated heterocycles. The molecule has 0 radical (unpaired) electrons. The summed E-state index contributed by atoms with van der Waals surface area (Å²) in [6, 6.07) is 6.16. The number of aromatic nitrogens is 3. The largest absolute Gasteiger partial charge is 0.363 e. The first-order valence-corrected chi connectivity index (χ1v) is 7.25. The molecule has 0 aliphatic heterocycles. The van der Waals surface area contributed by atoms with Crippen LogP contribution in [-0.4, -0.2) is 22.0 Å². The third-order valence-electron chi connectivity index (χ3n) is 3.09. The molecule has 3 rings (SSSR count). The summed E-state index contributed by atoms with van der Waals surface area (Å²) in [5, 5.41) is 9.50. The number of hydrogen-bond acceptors (Lipinski definition) is 6. The molecule has 0 aromatic carbocycles. The maximum atomic E-state index is 4.51. The van der Waals surface area contributed by atoms with E-state index in [1.807, 2.05) is 30.8 Å². The zero-order chi connectivity index (χ0) is 13.9. The van der Waals surface area contributed by atoms with Crippen molar-refractivity contribution in [1.82, 2.24) is 15.0 Å². The van der Waals surface area contributed by atoms with Crippen LogP contribution >= 0.6 is 11.3 Å². The number of hydrogen-bond donors (Lipinski definition) is 2. The van der Waals surface area contributed by atoms with E-state index in [-0.39, 0.29) is 6.04 Å². The Morgan fingerprint density at radius 3 is 2.90 bits per heavy atom. The maximum Gasteiger partial charge on any atom is 0.225 e. The molecule has 2 N–H and O–H groups in total. The Balaban J connectivity index is 1.95. The van der Waals surface area contributed by atoms with Gasteiger partial charge in [-0.25, -0.2) is 4.98 Å². The lowest BCUT2D eigenvalue weighted by molar-refractivity contribution is 0.868. The van der Waals surface area contributed by atoms with Crippen molar-refractivity contribution >= 4 is 33.3 Å². The van der Waals surface area contributed by atoms with E-state index in [0.717, 1.165) is 21.6 Å². The quantitative estimate of drug-likeness (QED) is 0.770. The van der Waals surface area contributed by atoms with Gasteiger partial charge in [-0.05, 0) is 30.0 Å². The third-order valence-corrected chi connectivity index (χ3v) is 3.89. The number of fused-ring (bicyclic) bond motifs is 1. The average molecular weight is 285 g/mol. The molecule has 0 bridgehead atoms. The smallest absolute Gasteiger partial charge is 0.225 e. The van der Waals surface area contributed by atoms with Gasteiger partial charge < -0.3 is 10.6 Å². The zero-order valence-corrected chi connectivity index (χ0v) is 12.1.